The maximum absolute atomic E-state index is 13.5. The molecule has 2 amide bonds. The summed E-state index contributed by atoms with van der Waals surface area (Å²) in [5.41, 5.74) is 2.03. The first-order chi connectivity index (χ1) is 17.0. The number of hydrogen-bond acceptors (Lipinski definition) is 5. The smallest absolute Gasteiger partial charge is 0.264 e. The van der Waals surface area contributed by atoms with Gasteiger partial charge in [-0.3, -0.25) is 19.5 Å². The molecule has 4 aromatic rings. The second kappa shape index (κ2) is 10.8. The fourth-order valence-corrected chi connectivity index (χ4v) is 4.13. The van der Waals surface area contributed by atoms with Crippen molar-refractivity contribution in [3.63, 3.8) is 0 Å². The number of imidazole rings is 1. The highest BCUT2D eigenvalue weighted by Gasteiger charge is 2.20. The Kier molecular flexibility index (Phi) is 7.37. The van der Waals surface area contributed by atoms with E-state index in [9.17, 15) is 14.0 Å². The number of nitrogens with one attached hydrogen (secondary N) is 1. The van der Waals surface area contributed by atoms with Crippen molar-refractivity contribution in [3.8, 4) is 22.7 Å². The first-order valence-corrected chi connectivity index (χ1v) is 11.6. The van der Waals surface area contributed by atoms with Crippen molar-refractivity contribution in [2.45, 2.75) is 0 Å². The van der Waals surface area contributed by atoms with Crippen LogP contribution in [0.1, 0.15) is 9.67 Å². The van der Waals surface area contributed by atoms with Gasteiger partial charge in [-0.25, -0.2) is 9.37 Å². The standard InChI is InChI=1S/C26H23FN4O3S/c1-3-14-30(25(33)23-5-4-15-35-23)17-24(32)29-26-28-22(18-6-12-21(34-2)13-7-18)16-31(26)20-10-8-19(27)9-11-20/h3-13,15-16H,1,14,17H2,2H3,(H,28,29,32). The van der Waals surface area contributed by atoms with Crippen LogP contribution in [0.2, 0.25) is 0 Å². The van der Waals surface area contributed by atoms with Crippen LogP contribution in [-0.2, 0) is 4.79 Å². The number of halogens is 1. The number of thiophene rings is 1. The van der Waals surface area contributed by atoms with Crippen LogP contribution < -0.4 is 10.1 Å². The topological polar surface area (TPSA) is 76.5 Å². The van der Waals surface area contributed by atoms with E-state index in [-0.39, 0.29) is 30.8 Å². The van der Waals surface area contributed by atoms with E-state index in [1.165, 1.54) is 28.4 Å². The number of benzene rings is 2. The van der Waals surface area contributed by atoms with Gasteiger partial charge in [-0.1, -0.05) is 12.1 Å². The summed E-state index contributed by atoms with van der Waals surface area (Å²) >= 11 is 1.31. The Hall–Kier alpha value is -4.24. The zero-order valence-corrected chi connectivity index (χ0v) is 19.8. The summed E-state index contributed by atoms with van der Waals surface area (Å²) in [7, 11) is 1.59. The van der Waals surface area contributed by atoms with Gasteiger partial charge in [0.1, 0.15) is 18.1 Å². The number of aromatic nitrogens is 2. The third kappa shape index (κ3) is 5.64. The summed E-state index contributed by atoms with van der Waals surface area (Å²) in [6.45, 7) is 3.72. The van der Waals surface area contributed by atoms with E-state index in [4.69, 9.17) is 4.74 Å². The van der Waals surface area contributed by atoms with Crippen molar-refractivity contribution in [1.29, 1.82) is 0 Å². The van der Waals surface area contributed by atoms with Gasteiger partial charge in [0.05, 0.1) is 17.7 Å². The lowest BCUT2D eigenvalue weighted by molar-refractivity contribution is -0.116. The van der Waals surface area contributed by atoms with E-state index in [2.05, 4.69) is 16.9 Å². The summed E-state index contributed by atoms with van der Waals surface area (Å²) in [4.78, 5) is 32.3. The van der Waals surface area contributed by atoms with Crippen LogP contribution in [0.3, 0.4) is 0 Å². The Labute approximate surface area is 206 Å². The molecule has 0 aliphatic rings. The average Bonchev–Trinajstić information content (AvgIpc) is 3.55. The second-order valence-electron chi connectivity index (χ2n) is 7.52. The summed E-state index contributed by atoms with van der Waals surface area (Å²) in [6, 6.07) is 16.7. The molecule has 0 atom stereocenters. The van der Waals surface area contributed by atoms with Gasteiger partial charge in [0.25, 0.3) is 5.91 Å². The van der Waals surface area contributed by atoms with Gasteiger partial charge < -0.3 is 9.64 Å². The molecular weight excluding hydrogens is 467 g/mol. The Balaban J connectivity index is 1.61. The summed E-state index contributed by atoms with van der Waals surface area (Å²) in [6.07, 6.45) is 3.32. The molecule has 0 spiro atoms. The molecule has 0 radical (unpaired) electrons. The van der Waals surface area contributed by atoms with Crippen LogP contribution in [0.5, 0.6) is 5.75 Å². The third-order valence-corrected chi connectivity index (χ3v) is 6.01. The van der Waals surface area contributed by atoms with Crippen LogP contribution in [0, 0.1) is 5.82 Å². The van der Waals surface area contributed by atoms with Gasteiger partial charge in [0, 0.05) is 24.0 Å². The van der Waals surface area contributed by atoms with Crippen molar-refractivity contribution in [2.24, 2.45) is 0 Å². The van der Waals surface area contributed by atoms with E-state index < -0.39 is 5.91 Å². The van der Waals surface area contributed by atoms with Crippen molar-refractivity contribution in [3.05, 3.63) is 95.6 Å². The molecule has 2 heterocycles. The van der Waals surface area contributed by atoms with Crippen LogP contribution in [0.25, 0.3) is 16.9 Å². The van der Waals surface area contributed by atoms with Gasteiger partial charge in [0.15, 0.2) is 0 Å². The van der Waals surface area contributed by atoms with Gasteiger partial charge in [0.2, 0.25) is 11.9 Å². The molecule has 0 fully saturated rings. The molecule has 35 heavy (non-hydrogen) atoms. The number of nitrogens with zero attached hydrogens (tertiary/aromatic N) is 3. The number of hydrogen-bond donors (Lipinski definition) is 1. The summed E-state index contributed by atoms with van der Waals surface area (Å²) < 4.78 is 20.4. The molecule has 9 heteroatoms. The van der Waals surface area contributed by atoms with Crippen LogP contribution in [0.15, 0.2) is 84.9 Å². The number of anilines is 1. The quantitative estimate of drug-likeness (QED) is 0.335. The lowest BCUT2D eigenvalue weighted by Crippen LogP contribution is -2.38. The van der Waals surface area contributed by atoms with Crippen LogP contribution in [0.4, 0.5) is 10.3 Å². The highest BCUT2D eigenvalue weighted by Crippen LogP contribution is 2.26. The Morgan fingerprint density at radius 3 is 2.54 bits per heavy atom. The minimum absolute atomic E-state index is 0.184. The molecule has 0 aliphatic carbocycles. The van der Waals surface area contributed by atoms with Crippen molar-refractivity contribution in [1.82, 2.24) is 14.5 Å². The molecule has 0 bridgehead atoms. The third-order valence-electron chi connectivity index (χ3n) is 5.15. The maximum atomic E-state index is 13.5. The molecule has 0 unspecified atom stereocenters. The van der Waals surface area contributed by atoms with Gasteiger partial charge >= 0.3 is 0 Å². The van der Waals surface area contributed by atoms with E-state index >= 15 is 0 Å². The Morgan fingerprint density at radius 1 is 1.17 bits per heavy atom. The van der Waals surface area contributed by atoms with E-state index in [0.717, 1.165) is 5.56 Å². The Morgan fingerprint density at radius 2 is 1.91 bits per heavy atom. The van der Waals surface area contributed by atoms with Gasteiger partial charge in [-0.15, -0.1) is 17.9 Å². The van der Waals surface area contributed by atoms with Crippen LogP contribution >= 0.6 is 11.3 Å². The molecule has 178 valence electrons. The molecule has 0 saturated heterocycles. The average molecular weight is 491 g/mol. The number of rotatable bonds is 9. The molecule has 2 aromatic heterocycles. The largest absolute Gasteiger partial charge is 0.497 e. The number of carbonyl (C=O) groups excluding carboxylic acids is 2. The normalized spacial score (nSPS) is 10.6. The number of methoxy groups -OCH3 is 1. The molecular formula is C26H23FN4O3S. The molecule has 0 aliphatic heterocycles. The molecule has 4 rings (SSSR count). The monoisotopic (exact) mass is 490 g/mol. The zero-order valence-electron chi connectivity index (χ0n) is 19.0. The number of carbonyl (C=O) groups is 2. The lowest BCUT2D eigenvalue weighted by atomic mass is 10.1. The minimum Gasteiger partial charge on any atom is -0.497 e. The van der Waals surface area contributed by atoms with Gasteiger partial charge in [-0.2, -0.15) is 0 Å². The van der Waals surface area contributed by atoms with E-state index in [1.54, 1.807) is 53.6 Å². The SMILES string of the molecule is C=CCN(CC(=O)Nc1nc(-c2ccc(OC)cc2)cn1-c1ccc(F)cc1)C(=O)c1cccs1. The number of ether oxygens (including phenoxy) is 1. The van der Waals surface area contributed by atoms with Crippen molar-refractivity contribution in [2.75, 3.05) is 25.5 Å². The lowest BCUT2D eigenvalue weighted by Gasteiger charge is -2.20. The zero-order chi connectivity index (χ0) is 24.8. The summed E-state index contributed by atoms with van der Waals surface area (Å²) in [5.74, 6) is -0.0997. The maximum Gasteiger partial charge on any atom is 0.264 e. The highest BCUT2D eigenvalue weighted by molar-refractivity contribution is 7.12. The minimum atomic E-state index is -0.424. The predicted octanol–water partition coefficient (Wildman–Crippen LogP) is 5.02. The fourth-order valence-electron chi connectivity index (χ4n) is 3.44. The molecule has 1 N–H and O–H groups in total. The molecule has 0 saturated carbocycles. The number of amides is 2. The Bertz CT molecular complexity index is 1320. The molecule has 7 nitrogen and oxygen atoms in total. The van der Waals surface area contributed by atoms with Crippen molar-refractivity contribution < 1.29 is 18.7 Å². The van der Waals surface area contributed by atoms with Crippen LogP contribution in [-0.4, -0.2) is 46.5 Å². The van der Waals surface area contributed by atoms with Crippen molar-refractivity contribution >= 4 is 29.1 Å². The fraction of sp³-hybridized carbons (Fsp3) is 0.115. The second-order valence-corrected chi connectivity index (χ2v) is 8.47. The van der Waals surface area contributed by atoms with E-state index in [0.29, 0.717) is 22.0 Å². The molecule has 2 aromatic carbocycles. The highest BCUT2D eigenvalue weighted by atomic mass is 32.1. The predicted molar refractivity (Wildman–Crippen MR) is 135 cm³/mol. The van der Waals surface area contributed by atoms with Gasteiger partial charge in [-0.05, 0) is 60.0 Å². The van der Waals surface area contributed by atoms with E-state index in [1.807, 2.05) is 24.3 Å². The first kappa shape index (κ1) is 23.9. The first-order valence-electron chi connectivity index (χ1n) is 10.7. The summed E-state index contributed by atoms with van der Waals surface area (Å²) in [5, 5.41) is 4.60.